The van der Waals surface area contributed by atoms with E-state index >= 15 is 0 Å². The Morgan fingerprint density at radius 2 is 0.720 bits per heavy atom. The molecule has 0 rings (SSSR count). The van der Waals surface area contributed by atoms with Crippen LogP contribution in [0.1, 0.15) is 12.8 Å². The van der Waals surface area contributed by atoms with Crippen molar-refractivity contribution < 1.29 is 65.9 Å². The van der Waals surface area contributed by atoms with Gasteiger partial charge in [0.05, 0.1) is 0 Å². The van der Waals surface area contributed by atoms with E-state index in [0.29, 0.717) is 0 Å². The lowest BCUT2D eigenvalue weighted by atomic mass is 9.90. The van der Waals surface area contributed by atoms with Crippen LogP contribution in [0.25, 0.3) is 0 Å². The SMILES string of the molecule is [CH2]CCC(F)(F)C(F)(F)C(F)(F)C(F)(F)C(F)(F)C(F)(F)C(F)(F)F. The highest BCUT2D eigenvalue weighted by Crippen LogP contribution is 2.62. The smallest absolute Gasteiger partial charge is 0.200 e. The minimum Gasteiger partial charge on any atom is -0.200 e. The molecule has 0 N–H and O–H groups in total. The van der Waals surface area contributed by atoms with Gasteiger partial charge in [0.2, 0.25) is 0 Å². The van der Waals surface area contributed by atoms with Gasteiger partial charge in [-0.2, -0.15) is 65.9 Å². The van der Waals surface area contributed by atoms with Gasteiger partial charge in [-0.15, -0.1) is 0 Å². The molecule has 0 aromatic rings. The molecule has 0 spiro atoms. The maximum Gasteiger partial charge on any atom is 0.460 e. The highest BCUT2D eigenvalue weighted by Gasteiger charge is 2.93. The minimum atomic E-state index is -8.22. The first-order valence-corrected chi connectivity index (χ1v) is 5.69. The fourth-order valence-electron chi connectivity index (χ4n) is 1.38. The van der Waals surface area contributed by atoms with Crippen molar-refractivity contribution in [3.63, 3.8) is 0 Å². The van der Waals surface area contributed by atoms with E-state index in [-0.39, 0.29) is 0 Å². The Morgan fingerprint density at radius 1 is 0.440 bits per heavy atom. The van der Waals surface area contributed by atoms with Gasteiger partial charge in [-0.25, -0.2) is 0 Å². The Bertz CT molecular complexity index is 471. The molecular formula is C10H6F15. The van der Waals surface area contributed by atoms with Crippen molar-refractivity contribution in [3.8, 4) is 0 Å². The van der Waals surface area contributed by atoms with Gasteiger partial charge in [0.25, 0.3) is 0 Å². The van der Waals surface area contributed by atoms with Crippen molar-refractivity contribution in [1.29, 1.82) is 0 Å². The summed E-state index contributed by atoms with van der Waals surface area (Å²) in [6.07, 6.45) is -11.3. The molecule has 0 saturated carbocycles. The third kappa shape index (κ3) is 3.11. The van der Waals surface area contributed by atoms with E-state index in [2.05, 4.69) is 6.92 Å². The summed E-state index contributed by atoms with van der Waals surface area (Å²) in [6, 6.07) is 0. The van der Waals surface area contributed by atoms with Crippen molar-refractivity contribution in [2.45, 2.75) is 54.6 Å². The third-order valence-electron chi connectivity index (χ3n) is 2.88. The number of halogens is 15. The van der Waals surface area contributed by atoms with Crippen LogP contribution >= 0.6 is 0 Å². The Kier molecular flexibility index (Phi) is 5.74. The largest absolute Gasteiger partial charge is 0.460 e. The van der Waals surface area contributed by atoms with E-state index < -0.39 is 54.6 Å². The third-order valence-corrected chi connectivity index (χ3v) is 2.88. The van der Waals surface area contributed by atoms with E-state index in [9.17, 15) is 65.9 Å². The molecule has 0 heterocycles. The molecule has 0 atom stereocenters. The quantitative estimate of drug-likeness (QED) is 0.453. The van der Waals surface area contributed by atoms with Crippen molar-refractivity contribution in [3.05, 3.63) is 6.92 Å². The van der Waals surface area contributed by atoms with Gasteiger partial charge >= 0.3 is 41.7 Å². The van der Waals surface area contributed by atoms with Crippen molar-refractivity contribution in [1.82, 2.24) is 0 Å². The van der Waals surface area contributed by atoms with Crippen LogP contribution < -0.4 is 0 Å². The first-order valence-electron chi connectivity index (χ1n) is 5.69. The fraction of sp³-hybridized carbons (Fsp3) is 0.900. The summed E-state index contributed by atoms with van der Waals surface area (Å²) in [7, 11) is 0. The summed E-state index contributed by atoms with van der Waals surface area (Å²) in [6.45, 7) is 2.49. The second-order valence-electron chi connectivity index (χ2n) is 4.68. The summed E-state index contributed by atoms with van der Waals surface area (Å²) < 4.78 is 189. The molecule has 1 radical (unpaired) electrons. The zero-order valence-corrected chi connectivity index (χ0v) is 11.3. The second-order valence-corrected chi connectivity index (χ2v) is 4.68. The lowest BCUT2D eigenvalue weighted by Crippen LogP contribution is -2.72. The molecule has 0 aliphatic carbocycles. The standard InChI is InChI=1S/C10H6F15/c1-2-3-4(11,12)5(13,14)6(15,16)7(17,18)8(19,20)9(21,22)10(23,24)25/h1-3H2. The number of alkyl halides is 15. The molecular weight excluding hydrogens is 405 g/mol. The molecule has 0 aromatic carbocycles. The molecule has 0 saturated heterocycles. The summed E-state index contributed by atoms with van der Waals surface area (Å²) >= 11 is 0. The summed E-state index contributed by atoms with van der Waals surface area (Å²) in [5.74, 6) is -45.9. The first-order chi connectivity index (χ1) is 10.6. The maximum absolute atomic E-state index is 13.0. The average Bonchev–Trinajstić information content (AvgIpc) is 2.35. The Hall–Kier alpha value is -1.05. The lowest BCUT2D eigenvalue weighted by Gasteiger charge is -2.41. The molecule has 0 aromatic heterocycles. The van der Waals surface area contributed by atoms with Gasteiger partial charge in [-0.1, -0.05) is 6.92 Å². The van der Waals surface area contributed by atoms with Crippen LogP contribution in [0.15, 0.2) is 0 Å². The topological polar surface area (TPSA) is 0 Å². The van der Waals surface area contributed by atoms with E-state index in [0.717, 1.165) is 0 Å². The molecule has 0 bridgehead atoms. The Morgan fingerprint density at radius 3 is 1.00 bits per heavy atom. The first kappa shape index (κ1) is 23.9. The summed E-state index contributed by atoms with van der Waals surface area (Å²) in [4.78, 5) is 0. The maximum atomic E-state index is 13.0. The molecule has 0 fully saturated rings. The van der Waals surface area contributed by atoms with Gasteiger partial charge in [-0.3, -0.25) is 0 Å². The van der Waals surface area contributed by atoms with Crippen LogP contribution in [0.2, 0.25) is 0 Å². The number of hydrogen-bond acceptors (Lipinski definition) is 0. The van der Waals surface area contributed by atoms with Crippen LogP contribution in [-0.2, 0) is 0 Å². The number of hydrogen-bond donors (Lipinski definition) is 0. The zero-order chi connectivity index (χ0) is 20.9. The predicted octanol–water partition coefficient (Wildman–Crippen LogP) is 5.97. The van der Waals surface area contributed by atoms with Gasteiger partial charge in [0.1, 0.15) is 0 Å². The number of rotatable bonds is 7. The second kappa shape index (κ2) is 5.99. The molecule has 0 unspecified atom stereocenters. The van der Waals surface area contributed by atoms with Crippen molar-refractivity contribution in [2.75, 3.05) is 0 Å². The Balaban J connectivity index is 6.40. The van der Waals surface area contributed by atoms with Gasteiger partial charge in [0.15, 0.2) is 0 Å². The van der Waals surface area contributed by atoms with Crippen LogP contribution in [0.4, 0.5) is 65.9 Å². The fourth-order valence-corrected chi connectivity index (χ4v) is 1.38. The molecule has 0 nitrogen and oxygen atoms in total. The summed E-state index contributed by atoms with van der Waals surface area (Å²) in [5.41, 5.74) is 0. The highest BCUT2D eigenvalue weighted by atomic mass is 19.4. The van der Waals surface area contributed by atoms with E-state index in [1.54, 1.807) is 0 Å². The Labute approximate surface area is 129 Å². The van der Waals surface area contributed by atoms with Crippen LogP contribution in [0, 0.1) is 6.92 Å². The average molecular weight is 411 g/mol. The van der Waals surface area contributed by atoms with Crippen molar-refractivity contribution >= 4 is 0 Å². The van der Waals surface area contributed by atoms with E-state index in [1.807, 2.05) is 0 Å². The minimum absolute atomic E-state index is 1.32. The van der Waals surface area contributed by atoms with Gasteiger partial charge in [0, 0.05) is 6.42 Å². The van der Waals surface area contributed by atoms with Crippen molar-refractivity contribution in [2.24, 2.45) is 0 Å². The van der Waals surface area contributed by atoms with Crippen LogP contribution in [0.5, 0.6) is 0 Å². The zero-order valence-electron chi connectivity index (χ0n) is 11.3. The predicted molar refractivity (Wildman–Crippen MR) is 50.3 cm³/mol. The van der Waals surface area contributed by atoms with Crippen LogP contribution in [0.3, 0.4) is 0 Å². The molecule has 0 amide bonds. The molecule has 15 heteroatoms. The highest BCUT2D eigenvalue weighted by molar-refractivity contribution is 5.12. The normalized spacial score (nSPS) is 16.3. The molecule has 25 heavy (non-hydrogen) atoms. The van der Waals surface area contributed by atoms with E-state index in [1.165, 1.54) is 0 Å². The van der Waals surface area contributed by atoms with E-state index in [4.69, 9.17) is 0 Å². The molecule has 0 aliphatic rings. The lowest BCUT2D eigenvalue weighted by molar-refractivity contribution is -0.452. The van der Waals surface area contributed by atoms with Gasteiger partial charge < -0.3 is 0 Å². The molecule has 0 aliphatic heterocycles. The van der Waals surface area contributed by atoms with Crippen LogP contribution in [-0.4, -0.2) is 41.7 Å². The summed E-state index contributed by atoms with van der Waals surface area (Å²) in [5, 5.41) is 0. The monoisotopic (exact) mass is 411 g/mol. The molecule has 151 valence electrons. The van der Waals surface area contributed by atoms with Gasteiger partial charge in [-0.05, 0) is 6.42 Å².